The highest BCUT2D eigenvalue weighted by Crippen LogP contribution is 2.44. The number of carbonyl (C=O) groups is 3. The molecule has 2 N–H and O–H groups in total. The number of aromatic nitrogens is 4. The van der Waals surface area contributed by atoms with E-state index in [1.165, 1.54) is 7.11 Å². The van der Waals surface area contributed by atoms with Gasteiger partial charge in [-0.1, -0.05) is 26.5 Å². The van der Waals surface area contributed by atoms with E-state index in [9.17, 15) is 14.4 Å². The first-order valence-electron chi connectivity index (χ1n) is 14.8. The monoisotopic (exact) mass is 587 g/mol. The first-order valence-corrected chi connectivity index (χ1v) is 14.8. The van der Waals surface area contributed by atoms with Crippen LogP contribution in [0.5, 0.6) is 0 Å². The van der Waals surface area contributed by atoms with Crippen molar-refractivity contribution in [2.75, 3.05) is 7.11 Å². The van der Waals surface area contributed by atoms with Gasteiger partial charge in [0.25, 0.3) is 5.91 Å². The first-order chi connectivity index (χ1) is 21.0. The van der Waals surface area contributed by atoms with Gasteiger partial charge < -0.3 is 19.5 Å². The maximum absolute atomic E-state index is 13.8. The highest BCUT2D eigenvalue weighted by atomic mass is 16.5. The third-order valence-corrected chi connectivity index (χ3v) is 9.40. The smallest absolute Gasteiger partial charge is 0.305 e. The molecule has 0 fully saturated rings. The maximum Gasteiger partial charge on any atom is 0.305 e. The number of nitrogens with zero attached hydrogens (tertiary/aromatic N) is 3. The minimum atomic E-state index is -0.623. The molecule has 2 aromatic rings. The van der Waals surface area contributed by atoms with E-state index in [2.05, 4.69) is 30.4 Å². The van der Waals surface area contributed by atoms with Crippen molar-refractivity contribution in [2.24, 2.45) is 0 Å². The molecule has 10 heteroatoms. The lowest BCUT2D eigenvalue weighted by Crippen LogP contribution is -2.38. The summed E-state index contributed by atoms with van der Waals surface area (Å²) in [7, 11) is 7.50. The number of carbonyl (C=O) groups excluding carboxylic acids is 3. The topological polar surface area (TPSA) is 121 Å². The fourth-order valence-electron chi connectivity index (χ4n) is 6.78. The van der Waals surface area contributed by atoms with Gasteiger partial charge in [0.05, 0.1) is 46.5 Å². The zero-order valence-electron chi connectivity index (χ0n) is 25.8. The van der Waals surface area contributed by atoms with Crippen LogP contribution in [0.25, 0.3) is 33.3 Å². The molecular weight excluding hydrogens is 553 g/mol. The molecule has 2 amide bonds. The zero-order valence-corrected chi connectivity index (χ0v) is 25.8. The number of aryl methyl sites for hydroxylation is 1. The van der Waals surface area contributed by atoms with E-state index in [-0.39, 0.29) is 29.8 Å². The molecule has 222 valence electrons. The van der Waals surface area contributed by atoms with Gasteiger partial charge in [-0.3, -0.25) is 14.4 Å². The number of amides is 2. The van der Waals surface area contributed by atoms with Gasteiger partial charge in [-0.15, -0.1) is 0 Å². The van der Waals surface area contributed by atoms with Crippen molar-refractivity contribution < 1.29 is 19.1 Å². The van der Waals surface area contributed by atoms with Crippen LogP contribution in [-0.4, -0.2) is 57.6 Å². The Hall–Kier alpha value is -4.73. The van der Waals surface area contributed by atoms with Crippen LogP contribution in [0.2, 0.25) is 0 Å². The molecule has 0 aromatic carbocycles. The molecule has 0 spiro atoms. The number of nitrogens with one attached hydrogen (secondary N) is 2. The molecule has 2 atom stereocenters. The van der Waals surface area contributed by atoms with E-state index in [1.54, 1.807) is 0 Å². The number of H-pyrrole nitrogens is 2. The molecule has 0 unspecified atom stereocenters. The second kappa shape index (κ2) is 10.8. The fourth-order valence-corrected chi connectivity index (χ4v) is 6.78. The Bertz CT molecular complexity index is 1940. The van der Waals surface area contributed by atoms with Crippen molar-refractivity contribution in [3.05, 3.63) is 81.7 Å². The predicted octanol–water partition coefficient (Wildman–Crippen LogP) is 6.32. The summed E-state index contributed by atoms with van der Waals surface area (Å²) in [4.78, 5) is 57.1. The number of hydrogen-bond acceptors (Lipinski definition) is 6. The molecule has 6 rings (SSSR count). The van der Waals surface area contributed by atoms with Crippen LogP contribution in [0.1, 0.15) is 119 Å². The minimum Gasteiger partial charge on any atom is -0.469 e. The lowest BCUT2D eigenvalue weighted by atomic mass is 9.84. The maximum atomic E-state index is 13.8. The summed E-state index contributed by atoms with van der Waals surface area (Å²) in [5.74, 6) is -1.93. The number of rotatable bonds is 5. The Morgan fingerprint density at radius 3 is 2.39 bits per heavy atom. The molecule has 8 bridgehead atoms. The van der Waals surface area contributed by atoms with Gasteiger partial charge >= 0.3 is 5.97 Å². The summed E-state index contributed by atoms with van der Waals surface area (Å²) in [6, 6.07) is 5.92. The van der Waals surface area contributed by atoms with Gasteiger partial charge in [0.2, 0.25) is 13.9 Å². The van der Waals surface area contributed by atoms with Gasteiger partial charge in [0, 0.05) is 40.7 Å². The number of fused-ring (bicyclic) bond motifs is 8. The van der Waals surface area contributed by atoms with Gasteiger partial charge in [-0.2, -0.15) is 0 Å². The lowest BCUT2D eigenvalue weighted by Gasteiger charge is -2.24. The summed E-state index contributed by atoms with van der Waals surface area (Å²) >= 11 is 0. The van der Waals surface area contributed by atoms with Crippen LogP contribution in [0, 0.1) is 6.92 Å². The second-order valence-corrected chi connectivity index (χ2v) is 11.7. The van der Waals surface area contributed by atoms with Crippen molar-refractivity contribution >= 4 is 59.1 Å². The number of imide groups is 1. The summed E-state index contributed by atoms with van der Waals surface area (Å²) in [5, 5.41) is 0. The van der Waals surface area contributed by atoms with E-state index in [1.807, 2.05) is 45.0 Å². The number of hydrogen-bond donors (Lipinski definition) is 2. The predicted molar refractivity (Wildman–Crippen MR) is 171 cm³/mol. The first kappa shape index (κ1) is 29.4. The molecule has 0 saturated carbocycles. The Morgan fingerprint density at radius 2 is 1.70 bits per heavy atom. The zero-order chi connectivity index (χ0) is 31.6. The van der Waals surface area contributed by atoms with Crippen LogP contribution in [0.15, 0.2) is 30.9 Å². The summed E-state index contributed by atoms with van der Waals surface area (Å²) in [6.07, 6.45) is 3.14. The number of methoxy groups -OCH3 is 1. The summed E-state index contributed by atoms with van der Waals surface area (Å²) < 4.78 is 4.93. The van der Waals surface area contributed by atoms with E-state index >= 15 is 0 Å². The highest BCUT2D eigenvalue weighted by molar-refractivity contribution is 6.36. The van der Waals surface area contributed by atoms with Gasteiger partial charge in [-0.25, -0.2) is 9.97 Å². The van der Waals surface area contributed by atoms with E-state index in [0.29, 0.717) is 39.1 Å². The van der Waals surface area contributed by atoms with Crippen molar-refractivity contribution in [1.82, 2.24) is 24.7 Å². The van der Waals surface area contributed by atoms with Gasteiger partial charge in [-0.05, 0) is 74.1 Å². The van der Waals surface area contributed by atoms with Gasteiger partial charge in [0.1, 0.15) is 0 Å². The number of ether oxygens (including phenoxy) is 1. The van der Waals surface area contributed by atoms with Crippen LogP contribution in [-0.2, 0) is 9.53 Å². The largest absolute Gasteiger partial charge is 0.469 e. The minimum absolute atomic E-state index is 0.121. The Balaban J connectivity index is 1.79. The van der Waals surface area contributed by atoms with Crippen LogP contribution in [0.4, 0.5) is 0 Å². The molecule has 44 heavy (non-hydrogen) atoms. The van der Waals surface area contributed by atoms with E-state index < -0.39 is 11.8 Å². The Morgan fingerprint density at radius 1 is 1.02 bits per heavy atom. The van der Waals surface area contributed by atoms with Crippen LogP contribution in [0.3, 0.4) is 0 Å². The van der Waals surface area contributed by atoms with Crippen molar-refractivity contribution in [3.63, 3.8) is 0 Å². The van der Waals surface area contributed by atoms with Crippen molar-refractivity contribution in [3.8, 4) is 0 Å². The highest BCUT2D eigenvalue weighted by Gasteiger charge is 2.39. The molecular formula is C34H34BN5O4. The molecule has 0 saturated heterocycles. The van der Waals surface area contributed by atoms with Crippen LogP contribution >= 0.6 is 0 Å². The molecule has 9 nitrogen and oxygen atoms in total. The molecule has 0 aliphatic carbocycles. The van der Waals surface area contributed by atoms with Crippen molar-refractivity contribution in [1.29, 1.82) is 0 Å². The Kier molecular flexibility index (Phi) is 7.18. The summed E-state index contributed by atoms with van der Waals surface area (Å²) in [5.41, 5.74) is 10.9. The SMILES string of the molecule is [B]N1C(=O)c2c3[nH]c(cc4nc(cc5nc(cc6[nH]c2c(c6C)C1=O)C(CC)=C5C)C(C=C)=C4C)[C@@H](C)[C@@H]3CCC(=O)OC. The van der Waals surface area contributed by atoms with Crippen molar-refractivity contribution in [2.45, 2.75) is 65.7 Å². The standard InChI is InChI=1S/C34H34BN5O4/c1-8-19-15(3)22-12-24-17(5)21(10-11-28(41)44-7)31(38-24)30-32-29(33(42)40(35)34(30)43)18(6)25(39-32)14-27-20(9-2)16(4)23(37-27)13-26(19)36-22/h8,12-14,17,21,38-39H,1,9-11H2,2-7H3/t17-,21-/m0/s1. The summed E-state index contributed by atoms with van der Waals surface area (Å²) in [6.45, 7) is 14.1. The Labute approximate surface area is 257 Å². The number of aromatic amines is 2. The quantitative estimate of drug-likeness (QED) is 0.240. The molecule has 2 radical (unpaired) electrons. The molecule has 4 aliphatic heterocycles. The average molecular weight is 587 g/mol. The lowest BCUT2D eigenvalue weighted by molar-refractivity contribution is -0.140. The van der Waals surface area contributed by atoms with Crippen LogP contribution < -0.4 is 0 Å². The average Bonchev–Trinajstić information content (AvgIpc) is 3.68. The molecule has 2 aromatic heterocycles. The fraction of sp³-hybridized carbons (Fsp3) is 0.324. The molecule has 6 heterocycles. The molecule has 4 aliphatic rings. The van der Waals surface area contributed by atoms with E-state index in [0.717, 1.165) is 57.2 Å². The van der Waals surface area contributed by atoms with E-state index in [4.69, 9.17) is 22.7 Å². The third-order valence-electron chi connectivity index (χ3n) is 9.40. The number of esters is 1. The van der Waals surface area contributed by atoms with Gasteiger partial charge in [0.15, 0.2) is 0 Å². The number of allylic oxidation sites excluding steroid dienone is 5. The normalized spacial score (nSPS) is 18.6. The third kappa shape index (κ3) is 4.34. The second-order valence-electron chi connectivity index (χ2n) is 11.7.